The number of benzene rings is 3. The highest BCUT2D eigenvalue weighted by Crippen LogP contribution is 2.41. The third-order valence-corrected chi connectivity index (χ3v) is 12.3. The minimum absolute atomic E-state index is 0.0895. The molecule has 0 atom stereocenters. The molecule has 2 aliphatic heterocycles. The first-order valence-electron chi connectivity index (χ1n) is 18.3. The lowest BCUT2D eigenvalue weighted by molar-refractivity contribution is -0.887. The Morgan fingerprint density at radius 3 is 1.20 bits per heavy atom. The molecule has 6 rings (SSSR count). The van der Waals surface area contributed by atoms with Crippen molar-refractivity contribution >= 4 is 34.7 Å². The minimum Gasteiger partial charge on any atom is -0.130 e. The number of aromatic nitrogens is 1. The summed E-state index contributed by atoms with van der Waals surface area (Å²) in [6, 6.07) is 13.4. The van der Waals surface area contributed by atoms with Gasteiger partial charge in [0.25, 0.3) is 17.1 Å². The molecule has 0 spiro atoms. The van der Waals surface area contributed by atoms with Crippen molar-refractivity contribution in [3.05, 3.63) is 115 Å². The van der Waals surface area contributed by atoms with Gasteiger partial charge in [-0.3, -0.25) is 0 Å². The third-order valence-electron chi connectivity index (χ3n) is 12.3. The largest absolute Gasteiger partial charge is 0.356 e. The van der Waals surface area contributed by atoms with E-state index in [0.29, 0.717) is 0 Å². The first-order chi connectivity index (χ1) is 23.2. The van der Waals surface area contributed by atoms with Crippen LogP contribution in [0.25, 0.3) is 0 Å². The van der Waals surface area contributed by atoms with Crippen molar-refractivity contribution in [2.75, 3.05) is 0 Å². The number of pyridine rings is 1. The molecule has 3 aromatic carbocycles. The van der Waals surface area contributed by atoms with E-state index in [-0.39, 0.29) is 11.3 Å². The van der Waals surface area contributed by atoms with Crippen LogP contribution in [0.1, 0.15) is 114 Å². The molecule has 0 amide bonds. The van der Waals surface area contributed by atoms with Crippen LogP contribution in [0.15, 0.2) is 42.6 Å². The van der Waals surface area contributed by atoms with Gasteiger partial charge in [0.2, 0.25) is 23.3 Å². The third kappa shape index (κ3) is 5.69. The summed E-state index contributed by atoms with van der Waals surface area (Å²) in [5.74, 6) is 0. The zero-order valence-corrected chi connectivity index (χ0v) is 34.4. The van der Waals surface area contributed by atoms with Crippen molar-refractivity contribution in [3.8, 4) is 0 Å². The topological polar surface area (TPSA) is 12.9 Å². The highest BCUT2D eigenvalue weighted by atomic mass is 15.3. The second-order valence-electron chi connectivity index (χ2n) is 16.2. The predicted octanol–water partition coefficient (Wildman–Crippen LogP) is 10.5. The van der Waals surface area contributed by atoms with Crippen LogP contribution < -0.4 is 4.57 Å². The Morgan fingerprint density at radius 2 is 0.800 bits per heavy atom. The lowest BCUT2D eigenvalue weighted by atomic mass is 9.95. The van der Waals surface area contributed by atoms with Crippen molar-refractivity contribution in [1.29, 1.82) is 0 Å². The fraction of sp³-hybridized carbons (Fsp3) is 0.435. The summed E-state index contributed by atoms with van der Waals surface area (Å²) in [6.45, 7) is 40.7. The first-order valence-corrected chi connectivity index (χ1v) is 18.3. The summed E-state index contributed by atoms with van der Waals surface area (Å²) in [4.78, 5) is 0. The van der Waals surface area contributed by atoms with Gasteiger partial charge in [-0.1, -0.05) is 0 Å². The molecule has 0 bridgehead atoms. The Kier molecular flexibility index (Phi) is 9.53. The maximum Gasteiger partial charge on any atom is 0.356 e. The average molecular weight is 671 g/mol. The van der Waals surface area contributed by atoms with Crippen LogP contribution in [0.3, 0.4) is 0 Å². The second kappa shape index (κ2) is 12.9. The lowest BCUT2D eigenvalue weighted by Gasteiger charge is -2.22. The van der Waals surface area contributed by atoms with E-state index < -0.39 is 0 Å². The van der Waals surface area contributed by atoms with Gasteiger partial charge in [-0.15, -0.1) is 18.3 Å². The summed E-state index contributed by atoms with van der Waals surface area (Å²) in [5, 5.41) is 0. The van der Waals surface area contributed by atoms with E-state index in [0.717, 1.165) is 0 Å². The highest BCUT2D eigenvalue weighted by Gasteiger charge is 2.55. The molecule has 0 N–H and O–H groups in total. The quantitative estimate of drug-likeness (QED) is 0.193. The molecule has 3 heterocycles. The minimum atomic E-state index is -0.192. The van der Waals surface area contributed by atoms with Gasteiger partial charge in [-0.25, -0.2) is 0 Å². The number of aryl methyl sites for hydroxylation is 6. The highest BCUT2D eigenvalue weighted by molar-refractivity contribution is 6.37. The van der Waals surface area contributed by atoms with Gasteiger partial charge in [0, 0.05) is 59.4 Å². The van der Waals surface area contributed by atoms with Crippen molar-refractivity contribution < 1.29 is 18.3 Å². The van der Waals surface area contributed by atoms with Gasteiger partial charge in [0.05, 0.1) is 27.7 Å². The van der Waals surface area contributed by atoms with Gasteiger partial charge in [0.1, 0.15) is 0 Å². The first kappa shape index (κ1) is 37.1. The molecule has 2 aliphatic rings. The Bertz CT molecular complexity index is 2100. The fourth-order valence-corrected chi connectivity index (χ4v) is 8.80. The summed E-state index contributed by atoms with van der Waals surface area (Å²) in [7, 11) is 0. The van der Waals surface area contributed by atoms with Crippen molar-refractivity contribution in [1.82, 2.24) is 0 Å². The molecule has 0 aliphatic carbocycles. The van der Waals surface area contributed by atoms with Crippen LogP contribution >= 0.6 is 0 Å². The van der Waals surface area contributed by atoms with Crippen LogP contribution in [0.5, 0.6) is 0 Å². The molecule has 4 nitrogen and oxygen atoms in total. The number of nitrogens with zero attached hydrogens (tertiary/aromatic N) is 4. The molecule has 4 aromatic rings. The smallest absolute Gasteiger partial charge is 0.130 e. The second-order valence-corrected chi connectivity index (χ2v) is 16.2. The van der Waals surface area contributed by atoms with Gasteiger partial charge in [-0.2, -0.15) is 0 Å². The van der Waals surface area contributed by atoms with Crippen molar-refractivity contribution in [3.63, 3.8) is 0 Å². The summed E-state index contributed by atoms with van der Waals surface area (Å²) in [5.41, 5.74) is 24.2. The van der Waals surface area contributed by atoms with Crippen LogP contribution in [0.2, 0.25) is 0 Å². The van der Waals surface area contributed by atoms with E-state index in [1.165, 1.54) is 101 Å². The summed E-state index contributed by atoms with van der Waals surface area (Å²) < 4.78 is 9.88. The SMILES string of the molecule is CC1=[N+](c2c(C)cc(C)c(C)c2C)C(C)(C)[N+](c2c(C)cc(C)c(C)c2C)=C1C.Cc1cc(C)c([N+]2=Cc3cccc[n+]3C2(C)C)c(C)c1C. The molecular formula is C46H62N4+4. The number of hydrogen-bond acceptors (Lipinski definition) is 0. The molecule has 4 heteroatoms. The monoisotopic (exact) mass is 670 g/mol. The van der Waals surface area contributed by atoms with Gasteiger partial charge < -0.3 is 0 Å². The maximum atomic E-state index is 2.56. The predicted molar refractivity (Wildman–Crippen MR) is 212 cm³/mol. The zero-order valence-electron chi connectivity index (χ0n) is 34.4. The van der Waals surface area contributed by atoms with E-state index in [1.807, 2.05) is 0 Å². The van der Waals surface area contributed by atoms with E-state index >= 15 is 0 Å². The van der Waals surface area contributed by atoms with E-state index in [9.17, 15) is 0 Å². The van der Waals surface area contributed by atoms with Gasteiger partial charge in [0.15, 0.2) is 6.20 Å². The van der Waals surface area contributed by atoms with E-state index in [1.54, 1.807) is 0 Å². The molecule has 0 saturated heterocycles. The lowest BCUT2D eigenvalue weighted by Crippen LogP contribution is -2.55. The van der Waals surface area contributed by atoms with Crippen molar-refractivity contribution in [2.45, 2.75) is 136 Å². The molecule has 0 radical (unpaired) electrons. The van der Waals surface area contributed by atoms with Crippen LogP contribution in [-0.2, 0) is 5.66 Å². The Balaban J connectivity index is 0.000000204. The summed E-state index contributed by atoms with van der Waals surface area (Å²) in [6.07, 6.45) is 4.43. The van der Waals surface area contributed by atoms with E-state index in [4.69, 9.17) is 0 Å². The normalized spacial score (nSPS) is 16.1. The van der Waals surface area contributed by atoms with Crippen LogP contribution in [0.4, 0.5) is 17.1 Å². The fourth-order valence-electron chi connectivity index (χ4n) is 8.80. The Morgan fingerprint density at radius 1 is 0.420 bits per heavy atom. The number of rotatable bonds is 3. The maximum absolute atomic E-state index is 2.56. The molecule has 50 heavy (non-hydrogen) atoms. The van der Waals surface area contributed by atoms with Gasteiger partial charge >= 0.3 is 11.3 Å². The molecule has 0 fully saturated rings. The molecule has 0 saturated carbocycles. The number of fused-ring (bicyclic) bond motifs is 1. The molecule has 1 aromatic heterocycles. The molecular weight excluding hydrogens is 609 g/mol. The summed E-state index contributed by atoms with van der Waals surface area (Å²) >= 11 is 0. The zero-order chi connectivity index (χ0) is 37.4. The average Bonchev–Trinajstić information content (AvgIpc) is 3.39. The van der Waals surface area contributed by atoms with Crippen LogP contribution in [-0.4, -0.2) is 37.0 Å². The van der Waals surface area contributed by atoms with Gasteiger partial charge in [-0.05, 0) is 141 Å². The Hall–Kier alpha value is -4.18. The van der Waals surface area contributed by atoms with E-state index in [2.05, 4.69) is 192 Å². The van der Waals surface area contributed by atoms with Crippen LogP contribution in [0, 0.1) is 83.1 Å². The molecule has 262 valence electrons. The Labute approximate surface area is 303 Å². The standard InChI is InChI=1S/C27H38N2.C19H24N2/c1-15-13-17(3)25(21(7)19(15)5)28-23(9)24(10)29(27(28,11)12)26-18(4)14-16(2)20(6)22(26)8;1-13-11-14(2)18(16(4)15(13)3)21-12-17-9-7-8-10-20(17)19(21,5)6/h13-14H,1-12H3;7-12H,1-6H3/q2*+2. The number of hydrogen-bond donors (Lipinski definition) is 0. The molecule has 0 unspecified atom stereocenters. The van der Waals surface area contributed by atoms with Crippen molar-refractivity contribution in [2.24, 2.45) is 0 Å².